The predicted molar refractivity (Wildman–Crippen MR) is 122 cm³/mol. The third-order valence-electron chi connectivity index (χ3n) is 5.61. The number of esters is 1. The molecular weight excluding hydrogens is 440 g/mol. The van der Waals surface area contributed by atoms with Crippen molar-refractivity contribution in [3.05, 3.63) is 88.4 Å². The number of rotatable bonds is 3. The quantitative estimate of drug-likeness (QED) is 0.248. The van der Waals surface area contributed by atoms with Gasteiger partial charge in [-0.1, -0.05) is 85.2 Å². The minimum Gasteiger partial charge on any atom is -0.425 e. The summed E-state index contributed by atoms with van der Waals surface area (Å²) in [6.45, 7) is 6.17. The highest BCUT2D eigenvalue weighted by molar-refractivity contribution is 9.10. The van der Waals surface area contributed by atoms with Gasteiger partial charge in [0.1, 0.15) is 11.7 Å². The molecule has 30 heavy (non-hydrogen) atoms. The predicted octanol–water partition coefficient (Wildman–Crippen LogP) is 6.66. The molecular formula is C26H23BrO3. The van der Waals surface area contributed by atoms with Crippen LogP contribution in [0.5, 0.6) is 5.75 Å². The third kappa shape index (κ3) is 3.84. The summed E-state index contributed by atoms with van der Waals surface area (Å²) in [5, 5.41) is 0. The monoisotopic (exact) mass is 462 g/mol. The van der Waals surface area contributed by atoms with E-state index in [2.05, 4.69) is 48.8 Å². The fraction of sp³-hybridized carbons (Fsp3) is 0.231. The Morgan fingerprint density at radius 2 is 1.40 bits per heavy atom. The highest BCUT2D eigenvalue weighted by Crippen LogP contribution is 2.45. The summed E-state index contributed by atoms with van der Waals surface area (Å²) >= 11 is 3.46. The number of Topliss-reactive ketones (excluding diaryl/α,β-unsaturated/α-hetero) is 1. The SMILES string of the molecule is CC(C)(C)C(c1ccc(-c2ccc(Br)cc2)cc1)C1C(=O)Oc2ccccc2C1=O. The van der Waals surface area contributed by atoms with E-state index in [1.54, 1.807) is 24.3 Å². The first-order valence-electron chi connectivity index (χ1n) is 9.96. The van der Waals surface area contributed by atoms with E-state index < -0.39 is 11.9 Å². The molecule has 4 rings (SSSR count). The van der Waals surface area contributed by atoms with Gasteiger partial charge >= 0.3 is 5.97 Å². The smallest absolute Gasteiger partial charge is 0.322 e. The lowest BCUT2D eigenvalue weighted by molar-refractivity contribution is -0.139. The summed E-state index contributed by atoms with van der Waals surface area (Å²) in [6.07, 6.45) is 0. The Kier molecular flexibility index (Phi) is 5.37. The van der Waals surface area contributed by atoms with E-state index in [-0.39, 0.29) is 17.1 Å². The van der Waals surface area contributed by atoms with Crippen LogP contribution in [0.4, 0.5) is 0 Å². The van der Waals surface area contributed by atoms with Crippen molar-refractivity contribution in [1.82, 2.24) is 0 Å². The van der Waals surface area contributed by atoms with Gasteiger partial charge in [0.05, 0.1) is 5.56 Å². The minimum absolute atomic E-state index is 0.168. The van der Waals surface area contributed by atoms with Crippen molar-refractivity contribution >= 4 is 27.7 Å². The highest BCUT2D eigenvalue weighted by atomic mass is 79.9. The lowest BCUT2D eigenvalue weighted by Crippen LogP contribution is -2.41. The van der Waals surface area contributed by atoms with Crippen LogP contribution in [0.1, 0.15) is 42.6 Å². The molecule has 3 aromatic rings. The number of ether oxygens (including phenoxy) is 1. The molecule has 2 unspecified atom stereocenters. The molecule has 1 heterocycles. The summed E-state index contributed by atoms with van der Waals surface area (Å²) in [7, 11) is 0. The first-order valence-corrected chi connectivity index (χ1v) is 10.8. The first-order chi connectivity index (χ1) is 14.3. The van der Waals surface area contributed by atoms with Crippen molar-refractivity contribution in [2.45, 2.75) is 26.7 Å². The lowest BCUT2D eigenvalue weighted by Gasteiger charge is -2.37. The van der Waals surface area contributed by atoms with E-state index in [4.69, 9.17) is 4.74 Å². The molecule has 3 nitrogen and oxygen atoms in total. The average molecular weight is 463 g/mol. The van der Waals surface area contributed by atoms with Crippen molar-refractivity contribution in [1.29, 1.82) is 0 Å². The van der Waals surface area contributed by atoms with Gasteiger partial charge in [0.15, 0.2) is 5.78 Å². The molecule has 1 aliphatic heterocycles. The zero-order valence-electron chi connectivity index (χ0n) is 17.2. The second-order valence-electron chi connectivity index (χ2n) is 8.73. The van der Waals surface area contributed by atoms with Crippen LogP contribution in [0.15, 0.2) is 77.3 Å². The van der Waals surface area contributed by atoms with Gasteiger partial charge < -0.3 is 4.74 Å². The van der Waals surface area contributed by atoms with Crippen LogP contribution < -0.4 is 4.74 Å². The molecule has 0 amide bonds. The van der Waals surface area contributed by atoms with Crippen molar-refractivity contribution in [2.75, 3.05) is 0 Å². The summed E-state index contributed by atoms with van der Waals surface area (Å²) in [4.78, 5) is 26.2. The summed E-state index contributed by atoms with van der Waals surface area (Å²) in [6, 6.07) is 23.2. The number of ketones is 1. The molecule has 2 atom stereocenters. The molecule has 0 bridgehead atoms. The number of benzene rings is 3. The average Bonchev–Trinajstić information content (AvgIpc) is 2.71. The number of carbonyl (C=O) groups is 2. The van der Waals surface area contributed by atoms with Gasteiger partial charge in [0.2, 0.25) is 0 Å². The van der Waals surface area contributed by atoms with Crippen molar-refractivity contribution in [3.63, 3.8) is 0 Å². The maximum absolute atomic E-state index is 13.3. The Balaban J connectivity index is 1.73. The van der Waals surface area contributed by atoms with E-state index in [0.29, 0.717) is 11.3 Å². The van der Waals surface area contributed by atoms with Crippen LogP contribution in [0.25, 0.3) is 11.1 Å². The van der Waals surface area contributed by atoms with Gasteiger partial charge in [-0.25, -0.2) is 0 Å². The maximum atomic E-state index is 13.3. The highest BCUT2D eigenvalue weighted by Gasteiger charge is 2.46. The molecule has 152 valence electrons. The number of fused-ring (bicyclic) bond motifs is 1. The normalized spacial score (nSPS) is 17.3. The summed E-state index contributed by atoms with van der Waals surface area (Å²) in [5.74, 6) is -1.46. The van der Waals surface area contributed by atoms with Crippen molar-refractivity contribution < 1.29 is 14.3 Å². The van der Waals surface area contributed by atoms with Crippen LogP contribution in [-0.4, -0.2) is 11.8 Å². The van der Waals surface area contributed by atoms with Crippen LogP contribution in [0.2, 0.25) is 0 Å². The van der Waals surface area contributed by atoms with Gasteiger partial charge in [0.25, 0.3) is 0 Å². The standard InChI is InChI=1S/C26H23BrO3/c1-26(2,3)23(22-24(28)20-6-4-5-7-21(20)30-25(22)29)18-10-8-16(9-11-18)17-12-14-19(27)15-13-17/h4-15,22-23H,1-3H3. The van der Waals surface area contributed by atoms with Gasteiger partial charge in [0, 0.05) is 10.4 Å². The maximum Gasteiger partial charge on any atom is 0.322 e. The number of halogens is 1. The number of carbonyl (C=O) groups excluding carboxylic acids is 2. The second kappa shape index (κ2) is 7.84. The van der Waals surface area contributed by atoms with Crippen LogP contribution in [-0.2, 0) is 4.79 Å². The topological polar surface area (TPSA) is 43.4 Å². The van der Waals surface area contributed by atoms with E-state index in [1.165, 1.54) is 0 Å². The molecule has 0 aliphatic carbocycles. The molecule has 0 aromatic heterocycles. The van der Waals surface area contributed by atoms with Gasteiger partial charge in [-0.2, -0.15) is 0 Å². The van der Waals surface area contributed by atoms with Gasteiger partial charge in [-0.15, -0.1) is 0 Å². The zero-order chi connectivity index (χ0) is 21.5. The Morgan fingerprint density at radius 1 is 0.833 bits per heavy atom. The molecule has 0 fully saturated rings. The molecule has 1 aliphatic rings. The number of para-hydroxylation sites is 1. The molecule has 0 radical (unpaired) electrons. The Bertz CT molecular complexity index is 1090. The Hall–Kier alpha value is -2.72. The van der Waals surface area contributed by atoms with E-state index >= 15 is 0 Å². The summed E-state index contributed by atoms with van der Waals surface area (Å²) in [5.41, 5.74) is 3.31. The fourth-order valence-corrected chi connectivity index (χ4v) is 4.48. The third-order valence-corrected chi connectivity index (χ3v) is 6.14. The first kappa shape index (κ1) is 20.5. The molecule has 0 saturated heterocycles. The van der Waals surface area contributed by atoms with Crippen LogP contribution >= 0.6 is 15.9 Å². The molecule has 0 N–H and O–H groups in total. The second-order valence-corrected chi connectivity index (χ2v) is 9.65. The molecule has 3 aromatic carbocycles. The zero-order valence-corrected chi connectivity index (χ0v) is 18.8. The molecule has 4 heteroatoms. The Labute approximate surface area is 185 Å². The molecule has 0 spiro atoms. The van der Waals surface area contributed by atoms with Crippen molar-refractivity contribution in [2.24, 2.45) is 11.3 Å². The lowest BCUT2D eigenvalue weighted by atomic mass is 9.67. The minimum atomic E-state index is -0.863. The van der Waals surface area contributed by atoms with E-state index in [9.17, 15) is 9.59 Å². The van der Waals surface area contributed by atoms with Crippen LogP contribution in [0, 0.1) is 11.3 Å². The van der Waals surface area contributed by atoms with Crippen molar-refractivity contribution in [3.8, 4) is 16.9 Å². The van der Waals surface area contributed by atoms with Gasteiger partial charge in [-0.3, -0.25) is 9.59 Å². The largest absolute Gasteiger partial charge is 0.425 e. The van der Waals surface area contributed by atoms with Gasteiger partial charge in [-0.05, 0) is 46.4 Å². The van der Waals surface area contributed by atoms with Crippen LogP contribution in [0.3, 0.4) is 0 Å². The van der Waals surface area contributed by atoms with E-state index in [1.807, 2.05) is 36.4 Å². The number of hydrogen-bond acceptors (Lipinski definition) is 3. The Morgan fingerprint density at radius 3 is 2.00 bits per heavy atom. The fourth-order valence-electron chi connectivity index (χ4n) is 4.21. The number of hydrogen-bond donors (Lipinski definition) is 0. The molecule has 0 saturated carbocycles. The summed E-state index contributed by atoms with van der Waals surface area (Å²) < 4.78 is 6.59. The van der Waals surface area contributed by atoms with E-state index in [0.717, 1.165) is 21.2 Å².